The van der Waals surface area contributed by atoms with Gasteiger partial charge in [0.15, 0.2) is 9.84 Å². The van der Waals surface area contributed by atoms with Crippen molar-refractivity contribution in [3.63, 3.8) is 0 Å². The molecule has 5 nitrogen and oxygen atoms in total. The summed E-state index contributed by atoms with van der Waals surface area (Å²) in [6.45, 7) is 5.32. The van der Waals surface area contributed by atoms with E-state index in [1.165, 1.54) is 0 Å². The zero-order chi connectivity index (χ0) is 20.1. The summed E-state index contributed by atoms with van der Waals surface area (Å²) >= 11 is 0. The summed E-state index contributed by atoms with van der Waals surface area (Å²) < 4.78 is 23.7. The van der Waals surface area contributed by atoms with Crippen LogP contribution in [0.1, 0.15) is 24.5 Å². The van der Waals surface area contributed by atoms with E-state index in [1.807, 2.05) is 50.2 Å². The predicted octanol–water partition coefficient (Wildman–Crippen LogP) is 3.04. The lowest BCUT2D eigenvalue weighted by Gasteiger charge is -2.31. The van der Waals surface area contributed by atoms with E-state index < -0.39 is 9.84 Å². The quantitative estimate of drug-likeness (QED) is 0.717. The number of carbonyl (C=O) groups is 1. The first-order valence-electron chi connectivity index (χ1n) is 9.73. The van der Waals surface area contributed by atoms with Crippen molar-refractivity contribution in [2.45, 2.75) is 32.9 Å². The van der Waals surface area contributed by atoms with Gasteiger partial charge >= 0.3 is 0 Å². The Hall–Kier alpha value is -2.34. The molecular weight excluding hydrogens is 372 g/mol. The number of nitrogens with zero attached hydrogens (tertiary/aromatic N) is 2. The molecule has 1 aliphatic heterocycles. The molecule has 2 aromatic carbocycles. The van der Waals surface area contributed by atoms with Crippen LogP contribution < -0.4 is 4.90 Å². The Bertz CT molecular complexity index is 912. The van der Waals surface area contributed by atoms with Gasteiger partial charge in [-0.1, -0.05) is 42.5 Å². The van der Waals surface area contributed by atoms with Gasteiger partial charge in [-0.2, -0.15) is 0 Å². The second kappa shape index (κ2) is 8.78. The number of amides is 1. The Morgan fingerprint density at radius 1 is 1.11 bits per heavy atom. The Morgan fingerprint density at radius 3 is 2.46 bits per heavy atom. The van der Waals surface area contributed by atoms with E-state index in [-0.39, 0.29) is 30.0 Å². The van der Waals surface area contributed by atoms with Crippen LogP contribution in [0, 0.1) is 6.92 Å². The van der Waals surface area contributed by atoms with Crippen LogP contribution in [0.3, 0.4) is 0 Å². The Kier molecular flexibility index (Phi) is 6.39. The first-order valence-corrected chi connectivity index (χ1v) is 11.6. The van der Waals surface area contributed by atoms with E-state index in [9.17, 15) is 13.2 Å². The molecule has 1 atom stereocenters. The summed E-state index contributed by atoms with van der Waals surface area (Å²) in [5.41, 5.74) is 3.26. The van der Waals surface area contributed by atoms with Gasteiger partial charge in [0.2, 0.25) is 5.91 Å². The SMILES string of the molecule is CCN(C(=O)CN(Cc1ccccc1)c1cccc(C)c1)[C@@H]1CCS(=O)(=O)C1. The third-order valence-electron chi connectivity index (χ3n) is 5.22. The molecule has 0 bridgehead atoms. The Balaban J connectivity index is 1.80. The van der Waals surface area contributed by atoms with Crippen molar-refractivity contribution in [3.05, 3.63) is 65.7 Å². The third kappa shape index (κ3) is 5.13. The standard InChI is InChI=1S/C22H28N2O3S/c1-3-24(21-12-13-28(26,27)17-21)22(25)16-23(15-19-9-5-4-6-10-19)20-11-7-8-18(2)14-20/h4-11,14,21H,3,12-13,15-17H2,1-2H3/t21-/m1/s1. The van der Waals surface area contributed by atoms with Crippen LogP contribution in [0.2, 0.25) is 0 Å². The van der Waals surface area contributed by atoms with Crippen molar-refractivity contribution in [2.24, 2.45) is 0 Å². The van der Waals surface area contributed by atoms with Crippen LogP contribution >= 0.6 is 0 Å². The average molecular weight is 401 g/mol. The molecule has 6 heteroatoms. The first-order chi connectivity index (χ1) is 13.4. The van der Waals surface area contributed by atoms with Crippen LogP contribution in [0.5, 0.6) is 0 Å². The van der Waals surface area contributed by atoms with Gasteiger partial charge < -0.3 is 9.80 Å². The summed E-state index contributed by atoms with van der Waals surface area (Å²) in [6.07, 6.45) is 0.533. The van der Waals surface area contributed by atoms with Crippen molar-refractivity contribution >= 4 is 21.4 Å². The normalized spacial score (nSPS) is 18.0. The molecule has 1 fully saturated rings. The molecule has 150 valence electrons. The Morgan fingerprint density at radius 2 is 1.86 bits per heavy atom. The van der Waals surface area contributed by atoms with Gasteiger partial charge in [0.25, 0.3) is 0 Å². The molecule has 1 aliphatic rings. The van der Waals surface area contributed by atoms with Crippen LogP contribution in [0.15, 0.2) is 54.6 Å². The van der Waals surface area contributed by atoms with Crippen LogP contribution in [0.4, 0.5) is 5.69 Å². The fourth-order valence-corrected chi connectivity index (χ4v) is 5.51. The molecule has 0 unspecified atom stereocenters. The number of aryl methyl sites for hydroxylation is 1. The molecule has 3 rings (SSSR count). The lowest BCUT2D eigenvalue weighted by molar-refractivity contribution is -0.131. The third-order valence-corrected chi connectivity index (χ3v) is 6.97. The zero-order valence-electron chi connectivity index (χ0n) is 16.5. The maximum atomic E-state index is 13.1. The minimum Gasteiger partial charge on any atom is -0.358 e. The molecule has 0 saturated carbocycles. The van der Waals surface area contributed by atoms with Gasteiger partial charge in [0.05, 0.1) is 18.1 Å². The molecule has 0 aromatic heterocycles. The molecule has 0 aliphatic carbocycles. The first kappa shape index (κ1) is 20.4. The molecule has 0 N–H and O–H groups in total. The highest BCUT2D eigenvalue weighted by atomic mass is 32.2. The zero-order valence-corrected chi connectivity index (χ0v) is 17.4. The highest BCUT2D eigenvalue weighted by Gasteiger charge is 2.34. The second-order valence-electron chi connectivity index (χ2n) is 7.42. The molecule has 1 saturated heterocycles. The van der Waals surface area contributed by atoms with Gasteiger partial charge in [-0.25, -0.2) is 8.42 Å². The molecule has 1 amide bonds. The fraction of sp³-hybridized carbons (Fsp3) is 0.409. The van der Waals surface area contributed by atoms with E-state index in [0.717, 1.165) is 16.8 Å². The van der Waals surface area contributed by atoms with E-state index >= 15 is 0 Å². The predicted molar refractivity (Wildman–Crippen MR) is 113 cm³/mol. The maximum Gasteiger partial charge on any atom is 0.242 e. The van der Waals surface area contributed by atoms with E-state index in [2.05, 4.69) is 23.1 Å². The highest BCUT2D eigenvalue weighted by Crippen LogP contribution is 2.21. The lowest BCUT2D eigenvalue weighted by Crippen LogP contribution is -2.46. The summed E-state index contributed by atoms with van der Waals surface area (Å²) in [5, 5.41) is 0. The highest BCUT2D eigenvalue weighted by molar-refractivity contribution is 7.91. The largest absolute Gasteiger partial charge is 0.358 e. The number of anilines is 1. The summed E-state index contributed by atoms with van der Waals surface area (Å²) in [5.74, 6) is 0.227. The van der Waals surface area contributed by atoms with Gasteiger partial charge in [-0.15, -0.1) is 0 Å². The molecule has 0 spiro atoms. The van der Waals surface area contributed by atoms with Crippen molar-refractivity contribution in [2.75, 3.05) is 29.5 Å². The number of carbonyl (C=O) groups excluding carboxylic acids is 1. The van der Waals surface area contributed by atoms with Crippen LogP contribution in [-0.4, -0.2) is 49.9 Å². The minimum absolute atomic E-state index is 0.0259. The second-order valence-corrected chi connectivity index (χ2v) is 9.65. The monoisotopic (exact) mass is 400 g/mol. The lowest BCUT2D eigenvalue weighted by atomic mass is 10.1. The van der Waals surface area contributed by atoms with Crippen molar-refractivity contribution < 1.29 is 13.2 Å². The molecule has 2 aromatic rings. The van der Waals surface area contributed by atoms with Gasteiger partial charge in [0.1, 0.15) is 0 Å². The van der Waals surface area contributed by atoms with Gasteiger partial charge in [-0.3, -0.25) is 4.79 Å². The van der Waals surface area contributed by atoms with E-state index in [0.29, 0.717) is 19.5 Å². The number of benzene rings is 2. The van der Waals surface area contributed by atoms with Gasteiger partial charge in [-0.05, 0) is 43.5 Å². The number of likely N-dealkylation sites (N-methyl/N-ethyl adjacent to an activating group) is 1. The number of hydrogen-bond donors (Lipinski definition) is 0. The fourth-order valence-electron chi connectivity index (χ4n) is 3.78. The Labute approximate surface area is 167 Å². The topological polar surface area (TPSA) is 57.7 Å². The molecule has 0 radical (unpaired) electrons. The average Bonchev–Trinajstić information content (AvgIpc) is 3.02. The van der Waals surface area contributed by atoms with Crippen molar-refractivity contribution in [1.82, 2.24) is 4.90 Å². The molecular formula is C22H28N2O3S. The molecule has 28 heavy (non-hydrogen) atoms. The number of sulfone groups is 1. The number of rotatable bonds is 7. The summed E-state index contributed by atoms with van der Waals surface area (Å²) in [6, 6.07) is 18.0. The van der Waals surface area contributed by atoms with Gasteiger partial charge in [0, 0.05) is 24.8 Å². The maximum absolute atomic E-state index is 13.1. The summed E-state index contributed by atoms with van der Waals surface area (Å²) in [4.78, 5) is 16.9. The minimum atomic E-state index is -3.03. The van der Waals surface area contributed by atoms with Crippen LogP contribution in [-0.2, 0) is 21.2 Å². The molecule has 1 heterocycles. The van der Waals surface area contributed by atoms with Crippen molar-refractivity contribution in [3.8, 4) is 0 Å². The van der Waals surface area contributed by atoms with E-state index in [1.54, 1.807) is 4.90 Å². The summed E-state index contributed by atoms with van der Waals surface area (Å²) in [7, 11) is -3.03. The van der Waals surface area contributed by atoms with Crippen molar-refractivity contribution in [1.29, 1.82) is 0 Å². The van der Waals surface area contributed by atoms with Crippen LogP contribution in [0.25, 0.3) is 0 Å². The smallest absolute Gasteiger partial charge is 0.242 e. The number of hydrogen-bond acceptors (Lipinski definition) is 4. The van der Waals surface area contributed by atoms with E-state index in [4.69, 9.17) is 0 Å².